The molecule has 2 aromatic carbocycles. The van der Waals surface area contributed by atoms with Crippen molar-refractivity contribution in [2.75, 3.05) is 11.9 Å². The Hall–Kier alpha value is -2.66. The zero-order valence-electron chi connectivity index (χ0n) is 16.3. The van der Waals surface area contributed by atoms with E-state index in [-0.39, 0.29) is 16.4 Å². The van der Waals surface area contributed by atoms with Gasteiger partial charge in [0, 0.05) is 11.3 Å². The molecule has 2 rings (SSSR count). The summed E-state index contributed by atoms with van der Waals surface area (Å²) in [6, 6.07) is 14.9. The summed E-state index contributed by atoms with van der Waals surface area (Å²) in [5, 5.41) is 5.94. The molecular formula is C22H26N2O2S. The second-order valence-corrected chi connectivity index (χ2v) is 7.91. The second kappa shape index (κ2) is 8.82. The number of hydrogen-bond acceptors (Lipinski definition) is 3. The van der Waals surface area contributed by atoms with Crippen molar-refractivity contribution in [3.8, 4) is 5.75 Å². The molecule has 142 valence electrons. The zero-order valence-corrected chi connectivity index (χ0v) is 17.1. The first kappa shape index (κ1) is 20.6. The minimum Gasteiger partial charge on any atom is -0.489 e. The lowest BCUT2D eigenvalue weighted by atomic mass is 9.87. The molecule has 0 unspecified atom stereocenters. The van der Waals surface area contributed by atoms with E-state index in [1.807, 2.05) is 55.5 Å². The first-order chi connectivity index (χ1) is 12.6. The Labute approximate surface area is 166 Å². The number of hydrogen-bond donors (Lipinski definition) is 2. The predicted molar refractivity (Wildman–Crippen MR) is 116 cm³/mol. The van der Waals surface area contributed by atoms with Crippen molar-refractivity contribution in [1.29, 1.82) is 0 Å². The normalized spacial score (nSPS) is 10.8. The largest absolute Gasteiger partial charge is 0.489 e. The first-order valence-electron chi connectivity index (χ1n) is 8.75. The van der Waals surface area contributed by atoms with Crippen LogP contribution in [0, 0.1) is 0 Å². The molecule has 2 N–H and O–H groups in total. The molecule has 0 fully saturated rings. The summed E-state index contributed by atoms with van der Waals surface area (Å²) in [6.45, 7) is 12.6. The standard InChI is InChI=1S/C22H26N2O2S/c1-15(2)14-26-19-12-10-18(11-13-19)23-21(27)24-20(25)16-6-8-17(9-7-16)22(3,4)5/h6-13H,1,14H2,2-5H3,(H2,23,24,25,27). The topological polar surface area (TPSA) is 50.4 Å². The molecule has 5 heteroatoms. The number of benzene rings is 2. The van der Waals surface area contributed by atoms with Crippen molar-refractivity contribution in [2.24, 2.45) is 0 Å². The number of anilines is 1. The highest BCUT2D eigenvalue weighted by Gasteiger charge is 2.14. The Morgan fingerprint density at radius 2 is 1.67 bits per heavy atom. The number of thiocarbonyl (C=S) groups is 1. The summed E-state index contributed by atoms with van der Waals surface area (Å²) in [6.07, 6.45) is 0. The van der Waals surface area contributed by atoms with Crippen LogP contribution in [0.2, 0.25) is 0 Å². The summed E-state index contributed by atoms with van der Waals surface area (Å²) >= 11 is 5.23. The summed E-state index contributed by atoms with van der Waals surface area (Å²) in [7, 11) is 0. The minimum absolute atomic E-state index is 0.0477. The Bertz CT molecular complexity index is 819. The molecule has 0 aliphatic rings. The molecule has 0 aliphatic carbocycles. The van der Waals surface area contributed by atoms with Crippen molar-refractivity contribution in [3.05, 3.63) is 71.8 Å². The van der Waals surface area contributed by atoms with Gasteiger partial charge in [0.15, 0.2) is 5.11 Å². The van der Waals surface area contributed by atoms with E-state index in [0.717, 1.165) is 17.0 Å². The van der Waals surface area contributed by atoms with Gasteiger partial charge in [0.2, 0.25) is 0 Å². The molecule has 0 saturated heterocycles. The van der Waals surface area contributed by atoms with E-state index in [1.165, 1.54) is 5.56 Å². The van der Waals surface area contributed by atoms with Crippen molar-refractivity contribution < 1.29 is 9.53 Å². The monoisotopic (exact) mass is 382 g/mol. The van der Waals surface area contributed by atoms with Crippen LogP contribution in [0.1, 0.15) is 43.6 Å². The van der Waals surface area contributed by atoms with Gasteiger partial charge in [-0.05, 0) is 72.1 Å². The lowest BCUT2D eigenvalue weighted by Gasteiger charge is -2.19. The molecular weight excluding hydrogens is 356 g/mol. The number of ether oxygens (including phenoxy) is 1. The summed E-state index contributed by atoms with van der Waals surface area (Å²) < 4.78 is 5.55. The van der Waals surface area contributed by atoms with Crippen LogP contribution in [0.5, 0.6) is 5.75 Å². The molecule has 0 spiro atoms. The number of rotatable bonds is 5. The number of carbonyl (C=O) groups excluding carboxylic acids is 1. The average Bonchev–Trinajstić information content (AvgIpc) is 2.60. The van der Waals surface area contributed by atoms with Gasteiger partial charge in [0.1, 0.15) is 12.4 Å². The summed E-state index contributed by atoms with van der Waals surface area (Å²) in [5.74, 6) is 0.506. The zero-order chi connectivity index (χ0) is 20.0. The minimum atomic E-state index is -0.241. The van der Waals surface area contributed by atoms with Crippen LogP contribution in [0.3, 0.4) is 0 Å². The average molecular weight is 383 g/mol. The van der Waals surface area contributed by atoms with Gasteiger partial charge < -0.3 is 10.1 Å². The molecule has 4 nitrogen and oxygen atoms in total. The van der Waals surface area contributed by atoms with Crippen LogP contribution in [0.4, 0.5) is 5.69 Å². The van der Waals surface area contributed by atoms with Crippen molar-refractivity contribution in [2.45, 2.75) is 33.1 Å². The van der Waals surface area contributed by atoms with E-state index in [4.69, 9.17) is 17.0 Å². The maximum Gasteiger partial charge on any atom is 0.257 e. The van der Waals surface area contributed by atoms with E-state index >= 15 is 0 Å². The Morgan fingerprint density at radius 3 is 2.19 bits per heavy atom. The molecule has 0 bridgehead atoms. The third-order valence-corrected chi connectivity index (χ3v) is 4.04. The number of carbonyl (C=O) groups is 1. The van der Waals surface area contributed by atoms with Crippen LogP contribution >= 0.6 is 12.2 Å². The Balaban J connectivity index is 1.91. The highest BCUT2D eigenvalue weighted by Crippen LogP contribution is 2.22. The van der Waals surface area contributed by atoms with Gasteiger partial charge in [0.25, 0.3) is 5.91 Å². The van der Waals surface area contributed by atoms with E-state index in [9.17, 15) is 4.79 Å². The van der Waals surface area contributed by atoms with Crippen LogP contribution < -0.4 is 15.4 Å². The van der Waals surface area contributed by atoms with E-state index in [1.54, 1.807) is 0 Å². The van der Waals surface area contributed by atoms with Gasteiger partial charge in [-0.25, -0.2) is 0 Å². The number of amides is 1. The highest BCUT2D eigenvalue weighted by atomic mass is 32.1. The maximum absolute atomic E-state index is 12.3. The number of nitrogens with one attached hydrogen (secondary N) is 2. The third kappa shape index (κ3) is 6.53. The molecule has 0 saturated carbocycles. The molecule has 0 radical (unpaired) electrons. The maximum atomic E-state index is 12.3. The van der Waals surface area contributed by atoms with Gasteiger partial charge in [-0.15, -0.1) is 0 Å². The van der Waals surface area contributed by atoms with Crippen molar-refractivity contribution in [3.63, 3.8) is 0 Å². The lowest BCUT2D eigenvalue weighted by Crippen LogP contribution is -2.34. The fraction of sp³-hybridized carbons (Fsp3) is 0.273. The quantitative estimate of drug-likeness (QED) is 0.560. The van der Waals surface area contributed by atoms with Gasteiger partial charge in [-0.1, -0.05) is 39.5 Å². The molecule has 1 amide bonds. The summed E-state index contributed by atoms with van der Waals surface area (Å²) in [4.78, 5) is 12.3. The van der Waals surface area contributed by atoms with Crippen molar-refractivity contribution in [1.82, 2.24) is 5.32 Å². The van der Waals surface area contributed by atoms with Gasteiger partial charge in [0.05, 0.1) is 0 Å². The van der Waals surface area contributed by atoms with Gasteiger partial charge in [-0.2, -0.15) is 0 Å². The first-order valence-corrected chi connectivity index (χ1v) is 9.16. The van der Waals surface area contributed by atoms with E-state index < -0.39 is 0 Å². The molecule has 0 atom stereocenters. The SMILES string of the molecule is C=C(C)COc1ccc(NC(=S)NC(=O)c2ccc(C(C)(C)C)cc2)cc1. The molecule has 2 aromatic rings. The lowest BCUT2D eigenvalue weighted by molar-refractivity contribution is 0.0977. The van der Waals surface area contributed by atoms with E-state index in [0.29, 0.717) is 12.2 Å². The Kier molecular flexibility index (Phi) is 6.75. The van der Waals surface area contributed by atoms with E-state index in [2.05, 4.69) is 38.0 Å². The Morgan fingerprint density at radius 1 is 1.07 bits per heavy atom. The molecule has 0 heterocycles. The van der Waals surface area contributed by atoms with Gasteiger partial charge >= 0.3 is 0 Å². The fourth-order valence-electron chi connectivity index (χ4n) is 2.30. The van der Waals surface area contributed by atoms with Gasteiger partial charge in [-0.3, -0.25) is 10.1 Å². The second-order valence-electron chi connectivity index (χ2n) is 7.51. The predicted octanol–water partition coefficient (Wildman–Crippen LogP) is 5.07. The molecule has 27 heavy (non-hydrogen) atoms. The van der Waals surface area contributed by atoms with Crippen LogP contribution in [-0.2, 0) is 5.41 Å². The van der Waals surface area contributed by atoms with Crippen LogP contribution in [-0.4, -0.2) is 17.6 Å². The fourth-order valence-corrected chi connectivity index (χ4v) is 2.51. The summed E-state index contributed by atoms with van der Waals surface area (Å²) in [5.41, 5.74) is 3.51. The molecule has 0 aromatic heterocycles. The van der Waals surface area contributed by atoms with Crippen LogP contribution in [0.25, 0.3) is 0 Å². The van der Waals surface area contributed by atoms with Crippen LogP contribution in [0.15, 0.2) is 60.7 Å². The smallest absolute Gasteiger partial charge is 0.257 e. The molecule has 0 aliphatic heterocycles. The highest BCUT2D eigenvalue weighted by molar-refractivity contribution is 7.80. The third-order valence-electron chi connectivity index (χ3n) is 3.84. The van der Waals surface area contributed by atoms with Crippen molar-refractivity contribution >= 4 is 28.9 Å².